The second kappa shape index (κ2) is 7.76. The molecule has 138 valence electrons. The summed E-state index contributed by atoms with van der Waals surface area (Å²) in [7, 11) is 0. The van der Waals surface area contributed by atoms with Crippen molar-refractivity contribution in [3.8, 4) is 16.8 Å². The van der Waals surface area contributed by atoms with Gasteiger partial charge < -0.3 is 5.32 Å². The summed E-state index contributed by atoms with van der Waals surface area (Å²) in [4.78, 5) is 25.4. The highest BCUT2D eigenvalue weighted by Crippen LogP contribution is 2.28. The van der Waals surface area contributed by atoms with Gasteiger partial charge in [0, 0.05) is 10.9 Å². The Balaban J connectivity index is 2.33. The third-order valence-electron chi connectivity index (χ3n) is 4.15. The number of hydrogen-bond donors (Lipinski definition) is 1. The monoisotopic (exact) mass is 381 g/mol. The lowest BCUT2D eigenvalue weighted by molar-refractivity contribution is -0.118. The summed E-state index contributed by atoms with van der Waals surface area (Å²) < 4.78 is 1.60. The molecule has 2 aromatic carbocycles. The van der Waals surface area contributed by atoms with Gasteiger partial charge in [-0.15, -0.1) is 0 Å². The third-order valence-corrected chi connectivity index (χ3v) is 4.41. The molecule has 0 spiro atoms. The molecule has 0 aliphatic rings. The minimum absolute atomic E-state index is 0.194. The number of nitrogens with zero attached hydrogens (tertiary/aromatic N) is 2. The zero-order chi connectivity index (χ0) is 19.6. The number of nitrogens with one attached hydrogen (secondary N) is 1. The number of rotatable bonds is 4. The van der Waals surface area contributed by atoms with E-state index in [4.69, 9.17) is 11.6 Å². The topological polar surface area (TPSA) is 64.0 Å². The van der Waals surface area contributed by atoms with E-state index >= 15 is 0 Å². The highest BCUT2D eigenvalue weighted by molar-refractivity contribution is 6.30. The van der Waals surface area contributed by atoms with Crippen LogP contribution < -0.4 is 10.7 Å². The number of amides is 1. The number of benzene rings is 2. The molecule has 5 nitrogen and oxygen atoms in total. The van der Waals surface area contributed by atoms with E-state index in [9.17, 15) is 9.59 Å². The van der Waals surface area contributed by atoms with E-state index in [0.29, 0.717) is 27.7 Å². The lowest BCUT2D eigenvalue weighted by atomic mass is 10.0. The summed E-state index contributed by atoms with van der Waals surface area (Å²) >= 11 is 6.00. The van der Waals surface area contributed by atoms with Crippen LogP contribution in [0.25, 0.3) is 16.8 Å². The second-order valence-electron chi connectivity index (χ2n) is 6.54. The Labute approximate surface area is 162 Å². The zero-order valence-corrected chi connectivity index (χ0v) is 16.1. The highest BCUT2D eigenvalue weighted by atomic mass is 35.5. The number of para-hydroxylation sites is 1. The largest absolute Gasteiger partial charge is 0.310 e. The average molecular weight is 382 g/mol. The molecule has 0 fully saturated rings. The van der Waals surface area contributed by atoms with E-state index in [0.717, 1.165) is 5.69 Å². The van der Waals surface area contributed by atoms with Crippen LogP contribution >= 0.6 is 11.6 Å². The van der Waals surface area contributed by atoms with E-state index in [1.54, 1.807) is 49.7 Å². The van der Waals surface area contributed by atoms with Crippen molar-refractivity contribution in [3.05, 3.63) is 75.5 Å². The molecule has 3 aromatic rings. The minimum atomic E-state index is -0.247. The molecule has 3 rings (SSSR count). The summed E-state index contributed by atoms with van der Waals surface area (Å²) in [5, 5.41) is 7.88. The molecule has 0 saturated heterocycles. The van der Waals surface area contributed by atoms with Gasteiger partial charge in [0.1, 0.15) is 11.5 Å². The fourth-order valence-corrected chi connectivity index (χ4v) is 2.78. The van der Waals surface area contributed by atoms with Crippen molar-refractivity contribution in [1.82, 2.24) is 9.78 Å². The van der Waals surface area contributed by atoms with Gasteiger partial charge in [-0.1, -0.05) is 55.8 Å². The molecule has 0 aliphatic heterocycles. The fourth-order valence-electron chi connectivity index (χ4n) is 2.66. The fraction of sp³-hybridized carbons (Fsp3) is 0.190. The normalized spacial score (nSPS) is 10.9. The van der Waals surface area contributed by atoms with E-state index < -0.39 is 0 Å². The van der Waals surface area contributed by atoms with Crippen molar-refractivity contribution in [3.63, 3.8) is 0 Å². The van der Waals surface area contributed by atoms with Crippen molar-refractivity contribution < 1.29 is 4.79 Å². The molecule has 0 saturated carbocycles. The molecule has 1 aromatic heterocycles. The summed E-state index contributed by atoms with van der Waals surface area (Å²) in [5.41, 5.74) is 1.90. The Morgan fingerprint density at radius 2 is 1.70 bits per heavy atom. The van der Waals surface area contributed by atoms with Crippen LogP contribution in [0.3, 0.4) is 0 Å². The predicted molar refractivity (Wildman–Crippen MR) is 108 cm³/mol. The van der Waals surface area contributed by atoms with Crippen molar-refractivity contribution in [1.29, 1.82) is 0 Å². The first-order chi connectivity index (χ1) is 12.9. The molecular weight excluding hydrogens is 362 g/mol. The minimum Gasteiger partial charge on any atom is -0.310 e. The van der Waals surface area contributed by atoms with Gasteiger partial charge in [-0.2, -0.15) is 5.10 Å². The van der Waals surface area contributed by atoms with Crippen LogP contribution in [0.1, 0.15) is 19.5 Å². The van der Waals surface area contributed by atoms with Crippen LogP contribution in [0.2, 0.25) is 5.02 Å². The first-order valence-corrected chi connectivity index (χ1v) is 9.02. The molecule has 27 heavy (non-hydrogen) atoms. The van der Waals surface area contributed by atoms with Gasteiger partial charge in [0.15, 0.2) is 0 Å². The number of carbonyl (C=O) groups excluding carboxylic acids is 1. The zero-order valence-electron chi connectivity index (χ0n) is 15.4. The summed E-state index contributed by atoms with van der Waals surface area (Å²) in [5.74, 6) is -0.0959. The van der Waals surface area contributed by atoms with E-state index in [1.807, 2.05) is 30.3 Å². The smallest absolute Gasteiger partial charge is 0.228 e. The Morgan fingerprint density at radius 1 is 1.07 bits per heavy atom. The maximum atomic E-state index is 12.9. The summed E-state index contributed by atoms with van der Waals surface area (Å²) in [6.45, 7) is 5.25. The Hall–Kier alpha value is -2.92. The molecule has 0 atom stereocenters. The maximum Gasteiger partial charge on any atom is 0.228 e. The summed E-state index contributed by atoms with van der Waals surface area (Å²) in [6, 6.07) is 16.3. The van der Waals surface area contributed by atoms with E-state index in [1.165, 1.54) is 0 Å². The number of anilines is 1. The van der Waals surface area contributed by atoms with Crippen molar-refractivity contribution in [2.24, 2.45) is 5.92 Å². The molecule has 0 bridgehead atoms. The lowest BCUT2D eigenvalue weighted by Crippen LogP contribution is -2.26. The standard InChI is InChI=1S/C21H20ClN3O2/c1-13(2)21(27)23-20-18(15-9-11-16(22)12-10-15)19(26)14(3)24-25(20)17-7-5-4-6-8-17/h4-13H,1-3H3,(H,23,27). The Kier molecular flexibility index (Phi) is 5.42. The van der Waals surface area contributed by atoms with Gasteiger partial charge in [0.05, 0.1) is 11.3 Å². The quantitative estimate of drug-likeness (QED) is 0.725. The van der Waals surface area contributed by atoms with Gasteiger partial charge >= 0.3 is 0 Å². The van der Waals surface area contributed by atoms with Gasteiger partial charge in [0.2, 0.25) is 11.3 Å². The molecule has 1 N–H and O–H groups in total. The van der Waals surface area contributed by atoms with Crippen LogP contribution in [0.15, 0.2) is 59.4 Å². The van der Waals surface area contributed by atoms with Gasteiger partial charge in [-0.3, -0.25) is 9.59 Å². The Morgan fingerprint density at radius 3 is 2.30 bits per heavy atom. The van der Waals surface area contributed by atoms with Crippen LogP contribution in [0, 0.1) is 12.8 Å². The van der Waals surface area contributed by atoms with E-state index in [2.05, 4.69) is 10.4 Å². The van der Waals surface area contributed by atoms with E-state index in [-0.39, 0.29) is 17.3 Å². The number of aromatic nitrogens is 2. The number of hydrogen-bond acceptors (Lipinski definition) is 3. The molecule has 0 aliphatic carbocycles. The van der Waals surface area contributed by atoms with Crippen molar-refractivity contribution in [2.45, 2.75) is 20.8 Å². The Bertz CT molecular complexity index is 1030. The molecule has 0 unspecified atom stereocenters. The van der Waals surface area contributed by atoms with Gasteiger partial charge in [-0.05, 0) is 36.8 Å². The van der Waals surface area contributed by atoms with Gasteiger partial charge in [-0.25, -0.2) is 4.68 Å². The van der Waals surface area contributed by atoms with Crippen LogP contribution in [-0.4, -0.2) is 15.7 Å². The highest BCUT2D eigenvalue weighted by Gasteiger charge is 2.21. The van der Waals surface area contributed by atoms with Crippen molar-refractivity contribution in [2.75, 3.05) is 5.32 Å². The maximum absolute atomic E-state index is 12.9. The molecule has 6 heteroatoms. The first kappa shape index (κ1) is 18.9. The molecule has 1 amide bonds. The number of carbonyl (C=O) groups is 1. The second-order valence-corrected chi connectivity index (χ2v) is 6.97. The summed E-state index contributed by atoms with van der Waals surface area (Å²) in [6.07, 6.45) is 0. The lowest BCUT2D eigenvalue weighted by Gasteiger charge is -2.19. The molecule has 0 radical (unpaired) electrons. The third kappa shape index (κ3) is 3.93. The predicted octanol–water partition coefficient (Wildman–Crippen LogP) is 4.46. The number of aryl methyl sites for hydroxylation is 1. The molecule has 1 heterocycles. The first-order valence-electron chi connectivity index (χ1n) is 8.64. The van der Waals surface area contributed by atoms with Crippen molar-refractivity contribution >= 4 is 23.3 Å². The van der Waals surface area contributed by atoms with Crippen LogP contribution in [0.4, 0.5) is 5.82 Å². The van der Waals surface area contributed by atoms with Crippen LogP contribution in [-0.2, 0) is 4.79 Å². The number of halogens is 1. The average Bonchev–Trinajstić information content (AvgIpc) is 2.66. The van der Waals surface area contributed by atoms with Crippen LogP contribution in [0.5, 0.6) is 0 Å². The molecular formula is C21H20ClN3O2. The SMILES string of the molecule is Cc1nn(-c2ccccc2)c(NC(=O)C(C)C)c(-c2ccc(Cl)cc2)c1=O. The van der Waals surface area contributed by atoms with Gasteiger partial charge in [0.25, 0.3) is 0 Å².